The van der Waals surface area contributed by atoms with Gasteiger partial charge in [0.15, 0.2) is 11.6 Å². The second-order valence-electron chi connectivity index (χ2n) is 6.83. The van der Waals surface area contributed by atoms with Crippen molar-refractivity contribution in [3.63, 3.8) is 0 Å². The highest BCUT2D eigenvalue weighted by Crippen LogP contribution is 2.29. The number of sulfonamides is 1. The van der Waals surface area contributed by atoms with Crippen LogP contribution in [0.3, 0.4) is 0 Å². The molecule has 0 amide bonds. The largest absolute Gasteiger partial charge is 0.383 e. The summed E-state index contributed by atoms with van der Waals surface area (Å²) < 4.78 is 32.9. The molecule has 7 heteroatoms. The Morgan fingerprint density at radius 3 is 2.04 bits per heavy atom. The molecule has 0 bridgehead atoms. The fourth-order valence-corrected chi connectivity index (χ4v) is 4.48. The number of ether oxygens (including phenoxy) is 1. The topological polar surface area (TPSA) is 89.5 Å². The average Bonchev–Trinajstić information content (AvgIpc) is 2.58. The fourth-order valence-electron chi connectivity index (χ4n) is 3.06. The Morgan fingerprint density at radius 2 is 1.46 bits per heavy atom. The first kappa shape index (κ1) is 18.4. The van der Waals surface area contributed by atoms with Gasteiger partial charge in [0, 0.05) is 29.4 Å². The lowest BCUT2D eigenvalue weighted by molar-refractivity contribution is 0.0979. The van der Waals surface area contributed by atoms with Crippen LogP contribution in [0, 0.1) is 0 Å². The maximum absolute atomic E-state index is 12.7. The van der Waals surface area contributed by atoms with E-state index in [9.17, 15) is 18.0 Å². The number of hydrogen-bond acceptors (Lipinski definition) is 5. The molecule has 0 unspecified atom stereocenters. The predicted molar refractivity (Wildman–Crippen MR) is 96.0 cm³/mol. The Morgan fingerprint density at radius 1 is 0.923 bits per heavy atom. The third kappa shape index (κ3) is 3.21. The van der Waals surface area contributed by atoms with Crippen molar-refractivity contribution < 1.29 is 22.7 Å². The van der Waals surface area contributed by atoms with Crippen molar-refractivity contribution in [2.45, 2.75) is 24.3 Å². The first-order chi connectivity index (χ1) is 12.2. The summed E-state index contributed by atoms with van der Waals surface area (Å²) in [6.45, 7) is 3.57. The zero-order chi connectivity index (χ0) is 19.1. The van der Waals surface area contributed by atoms with E-state index in [1.54, 1.807) is 38.1 Å². The Labute approximate surface area is 152 Å². The quantitative estimate of drug-likeness (QED) is 0.740. The van der Waals surface area contributed by atoms with Gasteiger partial charge >= 0.3 is 0 Å². The van der Waals surface area contributed by atoms with Crippen LogP contribution in [0.4, 0.5) is 0 Å². The van der Waals surface area contributed by atoms with Crippen molar-refractivity contribution in [1.29, 1.82) is 0 Å². The molecule has 3 rings (SSSR count). The van der Waals surface area contributed by atoms with E-state index in [2.05, 4.69) is 4.72 Å². The number of carbonyl (C=O) groups excluding carboxylic acids is 2. The molecule has 2 aromatic rings. The maximum Gasteiger partial charge on any atom is 0.241 e. The third-order valence-corrected chi connectivity index (χ3v) is 5.82. The Kier molecular flexibility index (Phi) is 4.56. The Hall–Kier alpha value is -2.35. The molecular formula is C19H19NO5S. The van der Waals surface area contributed by atoms with Gasteiger partial charge in [-0.1, -0.05) is 24.3 Å². The van der Waals surface area contributed by atoms with Crippen molar-refractivity contribution in [3.05, 3.63) is 64.7 Å². The van der Waals surface area contributed by atoms with Crippen LogP contribution < -0.4 is 4.72 Å². The number of methoxy groups -OCH3 is 1. The smallest absolute Gasteiger partial charge is 0.241 e. The monoisotopic (exact) mass is 373 g/mol. The number of benzene rings is 2. The molecule has 0 radical (unpaired) electrons. The molecule has 2 aromatic carbocycles. The standard InChI is InChI=1S/C19H19NO5S/c1-19(2,11-25-3)20-26(23,24)12-8-9-15-16(10-12)18(22)14-7-5-4-6-13(14)17(15)21/h4-10,20H,11H2,1-3H3. The van der Waals surface area contributed by atoms with Gasteiger partial charge in [0.2, 0.25) is 10.0 Å². The van der Waals surface area contributed by atoms with Gasteiger partial charge in [0.25, 0.3) is 0 Å². The molecule has 0 saturated heterocycles. The molecular weight excluding hydrogens is 354 g/mol. The van der Waals surface area contributed by atoms with Crippen LogP contribution in [0.1, 0.15) is 45.7 Å². The molecule has 6 nitrogen and oxygen atoms in total. The van der Waals surface area contributed by atoms with E-state index >= 15 is 0 Å². The lowest BCUT2D eigenvalue weighted by Gasteiger charge is -2.25. The zero-order valence-electron chi connectivity index (χ0n) is 14.7. The SMILES string of the molecule is COCC(C)(C)NS(=O)(=O)c1ccc2c(c1)C(=O)c1ccccc1C2=O. The van der Waals surface area contributed by atoms with E-state index in [4.69, 9.17) is 4.74 Å². The van der Waals surface area contributed by atoms with Crippen LogP contribution in [-0.2, 0) is 14.8 Å². The summed E-state index contributed by atoms with van der Waals surface area (Å²) >= 11 is 0. The first-order valence-electron chi connectivity index (χ1n) is 8.02. The van der Waals surface area contributed by atoms with Crippen LogP contribution in [0.15, 0.2) is 47.4 Å². The summed E-state index contributed by atoms with van der Waals surface area (Å²) in [4.78, 5) is 25.3. The number of nitrogens with one attached hydrogen (secondary N) is 1. The highest BCUT2D eigenvalue weighted by Gasteiger charge is 2.32. The lowest BCUT2D eigenvalue weighted by atomic mass is 9.84. The molecule has 136 valence electrons. The van der Waals surface area contributed by atoms with E-state index in [-0.39, 0.29) is 39.8 Å². The number of hydrogen-bond donors (Lipinski definition) is 1. The summed E-state index contributed by atoms with van der Waals surface area (Å²) in [5, 5.41) is 0. The van der Waals surface area contributed by atoms with Crippen LogP contribution in [0.5, 0.6) is 0 Å². The number of ketones is 2. The van der Waals surface area contributed by atoms with Crippen molar-refractivity contribution >= 4 is 21.6 Å². The molecule has 0 atom stereocenters. The highest BCUT2D eigenvalue weighted by atomic mass is 32.2. The molecule has 0 aliphatic heterocycles. The summed E-state index contributed by atoms with van der Waals surface area (Å²) in [7, 11) is -2.40. The Bertz CT molecular complexity index is 1010. The zero-order valence-corrected chi connectivity index (χ0v) is 15.5. The molecule has 0 heterocycles. The van der Waals surface area contributed by atoms with Crippen molar-refractivity contribution in [1.82, 2.24) is 4.72 Å². The van der Waals surface area contributed by atoms with Crippen LogP contribution in [0.25, 0.3) is 0 Å². The van der Waals surface area contributed by atoms with Gasteiger partial charge in [-0.2, -0.15) is 0 Å². The average molecular weight is 373 g/mol. The van der Waals surface area contributed by atoms with Gasteiger partial charge in [0.1, 0.15) is 0 Å². The van der Waals surface area contributed by atoms with Gasteiger partial charge in [-0.05, 0) is 32.0 Å². The molecule has 0 aromatic heterocycles. The molecule has 0 fully saturated rings. The van der Waals surface area contributed by atoms with E-state index < -0.39 is 15.6 Å². The number of carbonyl (C=O) groups is 2. The minimum Gasteiger partial charge on any atom is -0.383 e. The highest BCUT2D eigenvalue weighted by molar-refractivity contribution is 7.89. The molecule has 1 N–H and O–H groups in total. The van der Waals surface area contributed by atoms with Gasteiger partial charge in [0.05, 0.1) is 17.0 Å². The summed E-state index contributed by atoms with van der Waals surface area (Å²) in [6.07, 6.45) is 0. The van der Waals surface area contributed by atoms with Gasteiger partial charge in [-0.15, -0.1) is 0 Å². The predicted octanol–water partition coefficient (Wildman–Crippen LogP) is 2.17. The third-order valence-electron chi connectivity index (χ3n) is 4.12. The second kappa shape index (κ2) is 6.42. The first-order valence-corrected chi connectivity index (χ1v) is 9.50. The van der Waals surface area contributed by atoms with Crippen molar-refractivity contribution in [3.8, 4) is 0 Å². The van der Waals surface area contributed by atoms with Crippen molar-refractivity contribution in [2.75, 3.05) is 13.7 Å². The van der Waals surface area contributed by atoms with E-state index in [0.29, 0.717) is 5.56 Å². The minimum absolute atomic E-state index is 0.0686. The number of rotatable bonds is 5. The molecule has 1 aliphatic rings. The van der Waals surface area contributed by atoms with E-state index in [0.717, 1.165) is 0 Å². The molecule has 0 spiro atoms. The maximum atomic E-state index is 12.7. The van der Waals surface area contributed by atoms with Crippen LogP contribution in [-0.4, -0.2) is 39.2 Å². The normalized spacial score (nSPS) is 14.1. The second-order valence-corrected chi connectivity index (χ2v) is 8.52. The van der Waals surface area contributed by atoms with Gasteiger partial charge in [-0.3, -0.25) is 9.59 Å². The van der Waals surface area contributed by atoms with E-state index in [1.807, 2.05) is 0 Å². The molecule has 1 aliphatic carbocycles. The van der Waals surface area contributed by atoms with Crippen LogP contribution in [0.2, 0.25) is 0 Å². The van der Waals surface area contributed by atoms with Crippen molar-refractivity contribution in [2.24, 2.45) is 0 Å². The fraction of sp³-hybridized carbons (Fsp3) is 0.263. The molecule has 0 saturated carbocycles. The number of fused-ring (bicyclic) bond motifs is 2. The van der Waals surface area contributed by atoms with Crippen LogP contribution >= 0.6 is 0 Å². The lowest BCUT2D eigenvalue weighted by Crippen LogP contribution is -2.46. The van der Waals surface area contributed by atoms with E-state index in [1.165, 1.54) is 25.3 Å². The summed E-state index contributed by atoms with van der Waals surface area (Å²) in [6, 6.07) is 10.5. The van der Waals surface area contributed by atoms with Gasteiger partial charge in [-0.25, -0.2) is 13.1 Å². The molecule has 26 heavy (non-hydrogen) atoms. The Balaban J connectivity index is 2.04. The summed E-state index contributed by atoms with van der Waals surface area (Å²) in [5.74, 6) is -0.643. The van der Waals surface area contributed by atoms with Gasteiger partial charge < -0.3 is 4.74 Å². The summed E-state index contributed by atoms with van der Waals surface area (Å²) in [5.41, 5.74) is 0.104. The minimum atomic E-state index is -3.89.